The number of benzene rings is 4. The van der Waals surface area contributed by atoms with Gasteiger partial charge >= 0.3 is 0 Å². The summed E-state index contributed by atoms with van der Waals surface area (Å²) in [6.07, 6.45) is 0. The van der Waals surface area contributed by atoms with Crippen molar-refractivity contribution in [2.75, 3.05) is 0 Å². The van der Waals surface area contributed by atoms with Crippen LogP contribution in [-0.2, 0) is 0 Å². The Bertz CT molecular complexity index is 1350. The summed E-state index contributed by atoms with van der Waals surface area (Å²) >= 11 is 0. The first-order chi connectivity index (χ1) is 17.4. The van der Waals surface area contributed by atoms with Crippen molar-refractivity contribution < 1.29 is 35.7 Å². The van der Waals surface area contributed by atoms with Gasteiger partial charge in [-0.05, 0) is 49.2 Å². The Morgan fingerprint density at radius 2 is 0.865 bits per heavy atom. The van der Waals surface area contributed by atoms with Crippen LogP contribution in [0.2, 0.25) is 0 Å². The van der Waals surface area contributed by atoms with Gasteiger partial charge in [-0.15, -0.1) is 0 Å². The zero-order chi connectivity index (χ0) is 27.4. The van der Waals surface area contributed by atoms with Crippen molar-refractivity contribution in [1.29, 1.82) is 0 Å². The molecule has 37 heavy (non-hydrogen) atoms. The summed E-state index contributed by atoms with van der Waals surface area (Å²) < 4.78 is 0. The van der Waals surface area contributed by atoms with Crippen LogP contribution >= 0.6 is 0 Å². The molecule has 1 atom stereocenters. The molecule has 0 fully saturated rings. The van der Waals surface area contributed by atoms with E-state index in [1.165, 1.54) is 24.3 Å². The molecule has 0 radical (unpaired) electrons. The summed E-state index contributed by atoms with van der Waals surface area (Å²) in [4.78, 5) is 0. The van der Waals surface area contributed by atoms with Gasteiger partial charge in [0.1, 0.15) is 40.2 Å². The first kappa shape index (κ1) is 27.1. The minimum Gasteiger partial charge on any atom is -0.508 e. The number of hydrogen-bond donors (Lipinski definition) is 7. The van der Waals surface area contributed by atoms with Gasteiger partial charge in [0.05, 0.1) is 0 Å². The molecule has 4 aromatic carbocycles. The quantitative estimate of drug-likeness (QED) is 0.175. The molecule has 0 spiro atoms. The third-order valence-corrected chi connectivity index (χ3v) is 6.51. The molecular weight excluding hydrogens is 472 g/mol. The number of aromatic hydroxyl groups is 7. The lowest BCUT2D eigenvalue weighted by Crippen LogP contribution is -1.99. The highest BCUT2D eigenvalue weighted by molar-refractivity contribution is 5.53. The Labute approximate surface area is 215 Å². The highest BCUT2D eigenvalue weighted by Crippen LogP contribution is 2.40. The number of hydrogen-bond acceptors (Lipinski definition) is 7. The third-order valence-electron chi connectivity index (χ3n) is 6.51. The van der Waals surface area contributed by atoms with Crippen molar-refractivity contribution in [1.82, 2.24) is 0 Å². The highest BCUT2D eigenvalue weighted by Gasteiger charge is 2.19. The molecule has 0 amide bonds. The van der Waals surface area contributed by atoms with E-state index in [2.05, 4.69) is 0 Å². The predicted octanol–water partition coefficient (Wildman–Crippen LogP) is 6.23. The largest absolute Gasteiger partial charge is 0.508 e. The summed E-state index contributed by atoms with van der Waals surface area (Å²) in [5, 5.41) is 67.8. The summed E-state index contributed by atoms with van der Waals surface area (Å²) in [6.45, 7) is 7.22. The molecule has 0 aliphatic carbocycles. The van der Waals surface area contributed by atoms with E-state index in [9.17, 15) is 35.7 Å². The van der Waals surface area contributed by atoms with Gasteiger partial charge in [0.2, 0.25) is 0 Å². The smallest absolute Gasteiger partial charge is 0.123 e. The fourth-order valence-corrected chi connectivity index (χ4v) is 4.20. The Morgan fingerprint density at radius 3 is 1.35 bits per heavy atom. The Balaban J connectivity index is 0.000000208. The summed E-state index contributed by atoms with van der Waals surface area (Å²) in [5.41, 5.74) is 3.94. The van der Waals surface area contributed by atoms with Gasteiger partial charge in [-0.2, -0.15) is 0 Å². The van der Waals surface area contributed by atoms with Gasteiger partial charge in [0.25, 0.3) is 0 Å². The van der Waals surface area contributed by atoms with Crippen LogP contribution in [0, 0.1) is 13.8 Å². The Hall–Kier alpha value is -4.52. The fraction of sp³-hybridized carbons (Fsp3) is 0.200. The molecular formula is C30H32O7. The van der Waals surface area contributed by atoms with Crippen LogP contribution in [0.1, 0.15) is 59.1 Å². The monoisotopic (exact) mass is 504 g/mol. The predicted molar refractivity (Wildman–Crippen MR) is 142 cm³/mol. The SMILES string of the molecule is CC(c1ccccc1O)c1ccc(O)cc1O.Cc1cc(C(C)c2cc(C)c(O)cc2O)c(O)cc1O. The molecule has 0 heterocycles. The zero-order valence-corrected chi connectivity index (χ0v) is 21.1. The van der Waals surface area contributed by atoms with Crippen molar-refractivity contribution in [2.24, 2.45) is 0 Å². The van der Waals surface area contributed by atoms with E-state index in [4.69, 9.17) is 0 Å². The molecule has 1 unspecified atom stereocenters. The first-order valence-corrected chi connectivity index (χ1v) is 11.7. The normalized spacial score (nSPS) is 11.6. The van der Waals surface area contributed by atoms with Gasteiger partial charge in [0.15, 0.2) is 0 Å². The number of rotatable bonds is 4. The molecule has 0 aliphatic heterocycles. The summed E-state index contributed by atoms with van der Waals surface area (Å²) in [5.74, 6) is -0.139. The van der Waals surface area contributed by atoms with Crippen molar-refractivity contribution in [2.45, 2.75) is 39.5 Å². The van der Waals surface area contributed by atoms with Crippen LogP contribution in [0.25, 0.3) is 0 Å². The zero-order valence-electron chi connectivity index (χ0n) is 21.1. The van der Waals surface area contributed by atoms with Crippen LogP contribution in [0.15, 0.2) is 66.7 Å². The molecule has 0 bridgehead atoms. The van der Waals surface area contributed by atoms with Crippen molar-refractivity contribution >= 4 is 0 Å². The number of para-hydroxylation sites is 1. The Kier molecular flexibility index (Phi) is 8.07. The Morgan fingerprint density at radius 1 is 0.432 bits per heavy atom. The molecule has 7 N–H and O–H groups in total. The maximum Gasteiger partial charge on any atom is 0.123 e. The fourth-order valence-electron chi connectivity index (χ4n) is 4.20. The third kappa shape index (κ3) is 6.01. The van der Waals surface area contributed by atoms with E-state index in [1.54, 1.807) is 44.2 Å². The molecule has 194 valence electrons. The lowest BCUT2D eigenvalue weighted by Gasteiger charge is -2.18. The van der Waals surface area contributed by atoms with E-state index in [-0.39, 0.29) is 52.1 Å². The maximum atomic E-state index is 9.97. The molecule has 4 rings (SSSR count). The van der Waals surface area contributed by atoms with Crippen molar-refractivity contribution in [3.05, 3.63) is 100 Å². The molecule has 4 aromatic rings. The van der Waals surface area contributed by atoms with Gasteiger partial charge < -0.3 is 35.7 Å². The minimum atomic E-state index is -0.270. The second kappa shape index (κ2) is 11.0. The average molecular weight is 505 g/mol. The van der Waals surface area contributed by atoms with E-state index >= 15 is 0 Å². The highest BCUT2D eigenvalue weighted by atomic mass is 16.3. The standard InChI is InChI=1S/C16H18O4.C14H14O3/c1-8-4-11(15(19)6-13(8)17)10(3)12-5-9(2)14(18)7-16(12)20;1-9(11-4-2-3-5-13(11)16)12-7-6-10(15)8-14(12)17/h4-7,10,17-20H,1-3H3;2-9,15-17H,1H3. The average Bonchev–Trinajstić information content (AvgIpc) is 2.83. The van der Waals surface area contributed by atoms with Gasteiger partial charge in [-0.3, -0.25) is 0 Å². The number of phenols is 7. The van der Waals surface area contributed by atoms with Gasteiger partial charge in [-0.25, -0.2) is 0 Å². The summed E-state index contributed by atoms with van der Waals surface area (Å²) in [6, 6.07) is 17.5. The van der Waals surface area contributed by atoms with Crippen LogP contribution in [0.4, 0.5) is 0 Å². The van der Waals surface area contributed by atoms with Gasteiger partial charge in [-0.1, -0.05) is 38.1 Å². The van der Waals surface area contributed by atoms with Crippen LogP contribution in [-0.4, -0.2) is 35.7 Å². The lowest BCUT2D eigenvalue weighted by atomic mass is 9.89. The molecule has 0 saturated carbocycles. The second-order valence-corrected chi connectivity index (χ2v) is 9.14. The van der Waals surface area contributed by atoms with E-state index in [1.807, 2.05) is 26.0 Å². The van der Waals surface area contributed by atoms with Crippen molar-refractivity contribution in [3.63, 3.8) is 0 Å². The second-order valence-electron chi connectivity index (χ2n) is 9.14. The first-order valence-electron chi connectivity index (χ1n) is 11.7. The van der Waals surface area contributed by atoms with Crippen LogP contribution in [0.3, 0.4) is 0 Å². The van der Waals surface area contributed by atoms with E-state index < -0.39 is 0 Å². The summed E-state index contributed by atoms with van der Waals surface area (Å²) in [7, 11) is 0. The molecule has 0 aromatic heterocycles. The van der Waals surface area contributed by atoms with Crippen molar-refractivity contribution in [3.8, 4) is 40.2 Å². The maximum absolute atomic E-state index is 9.97. The molecule has 7 nitrogen and oxygen atoms in total. The van der Waals surface area contributed by atoms with Crippen LogP contribution < -0.4 is 0 Å². The topological polar surface area (TPSA) is 142 Å². The number of phenolic OH excluding ortho intramolecular Hbond substituents is 7. The number of aryl methyl sites for hydroxylation is 2. The van der Waals surface area contributed by atoms with Gasteiger partial charge in [0, 0.05) is 52.3 Å². The molecule has 0 saturated heterocycles. The lowest BCUT2D eigenvalue weighted by molar-refractivity contribution is 0.436. The molecule has 0 aliphatic rings. The van der Waals surface area contributed by atoms with Crippen LogP contribution in [0.5, 0.6) is 40.2 Å². The van der Waals surface area contributed by atoms with E-state index in [0.29, 0.717) is 27.8 Å². The minimum absolute atomic E-state index is 0.0225. The molecule has 7 heteroatoms. The van der Waals surface area contributed by atoms with E-state index in [0.717, 1.165) is 5.56 Å².